The molecule has 3 rings (SSSR count). The predicted octanol–water partition coefficient (Wildman–Crippen LogP) is -1.98. The summed E-state index contributed by atoms with van der Waals surface area (Å²) in [5, 5.41) is 0. The lowest BCUT2D eigenvalue weighted by atomic mass is 10.4. The van der Waals surface area contributed by atoms with E-state index in [0.717, 1.165) is 27.4 Å². The van der Waals surface area contributed by atoms with Gasteiger partial charge in [0.15, 0.2) is 0 Å². The van der Waals surface area contributed by atoms with E-state index in [1.807, 2.05) is 0 Å². The van der Waals surface area contributed by atoms with Gasteiger partial charge >= 0.3 is 34.1 Å². The Balaban J connectivity index is 0.000000251. The molecule has 1 saturated heterocycles. The minimum Gasteiger partial charge on any atom is -0.371 e. The molecule has 3 heterocycles. The van der Waals surface area contributed by atoms with E-state index in [9.17, 15) is 28.8 Å². The van der Waals surface area contributed by atoms with Crippen LogP contribution in [0.25, 0.3) is 0 Å². The topological polar surface area (TPSA) is 145 Å². The molecule has 2 aromatic rings. The lowest BCUT2D eigenvalue weighted by Gasteiger charge is -2.11. The summed E-state index contributed by atoms with van der Waals surface area (Å²) in [6, 6.07) is 0. The first-order valence-electron chi connectivity index (χ1n) is 10.5. The number of aromatic nitrogens is 6. The Morgan fingerprint density at radius 3 is 1.20 bits per heavy atom. The van der Waals surface area contributed by atoms with Gasteiger partial charge in [-0.1, -0.05) is 24.3 Å². The van der Waals surface area contributed by atoms with E-state index in [1.165, 1.54) is 31.4 Å². The second-order valence-electron chi connectivity index (χ2n) is 7.42. The highest BCUT2D eigenvalue weighted by Gasteiger charge is 2.26. The van der Waals surface area contributed by atoms with Gasteiger partial charge in [-0.05, 0) is 0 Å². The third kappa shape index (κ3) is 5.81. The maximum atomic E-state index is 12.1. The van der Waals surface area contributed by atoms with Gasteiger partial charge < -0.3 is 4.74 Å². The second-order valence-corrected chi connectivity index (χ2v) is 7.42. The number of rotatable bonds is 10. The molecule has 0 radical (unpaired) electrons. The van der Waals surface area contributed by atoms with E-state index in [2.05, 4.69) is 26.3 Å². The molecular weight excluding hydrogens is 460 g/mol. The fourth-order valence-corrected chi connectivity index (χ4v) is 3.11. The fourth-order valence-electron chi connectivity index (χ4n) is 3.11. The van der Waals surface area contributed by atoms with E-state index in [-0.39, 0.29) is 38.8 Å². The number of allylic oxidation sites excluding steroid dienone is 4. The molecule has 0 spiro atoms. The molecule has 1 aliphatic heterocycles. The quantitative estimate of drug-likeness (QED) is 0.278. The Morgan fingerprint density at radius 1 is 0.629 bits per heavy atom. The van der Waals surface area contributed by atoms with Crippen molar-refractivity contribution in [3.05, 3.63) is 114 Å². The first-order valence-corrected chi connectivity index (χ1v) is 10.5. The molecule has 0 bridgehead atoms. The van der Waals surface area contributed by atoms with Crippen LogP contribution >= 0.6 is 0 Å². The first-order chi connectivity index (χ1) is 16.6. The number of nitrogens with zero attached hydrogens (tertiary/aromatic N) is 6. The summed E-state index contributed by atoms with van der Waals surface area (Å²) in [7, 11) is 1.32. The number of epoxide rings is 1. The van der Waals surface area contributed by atoms with Crippen molar-refractivity contribution in [1.29, 1.82) is 0 Å². The van der Waals surface area contributed by atoms with Crippen molar-refractivity contribution < 1.29 is 4.74 Å². The third-order valence-electron chi connectivity index (χ3n) is 4.92. The monoisotopic (exact) mass is 488 g/mol. The van der Waals surface area contributed by atoms with Crippen LogP contribution in [0.5, 0.6) is 0 Å². The molecule has 2 aromatic heterocycles. The average Bonchev–Trinajstić information content (AvgIpc) is 3.66. The van der Waals surface area contributed by atoms with E-state index in [0.29, 0.717) is 6.61 Å². The SMILES string of the molecule is C=CCn1c(=O)n(C)c(=O)n(CC=C)c1=O.C=CCn1c(=O)n(CC=C)c(=O)n(CC2CO2)c1=O. The van der Waals surface area contributed by atoms with E-state index >= 15 is 0 Å². The summed E-state index contributed by atoms with van der Waals surface area (Å²) in [4.78, 5) is 71.2. The van der Waals surface area contributed by atoms with E-state index in [4.69, 9.17) is 4.74 Å². The van der Waals surface area contributed by atoms with Gasteiger partial charge in [0.05, 0.1) is 45.4 Å². The molecule has 188 valence electrons. The smallest absolute Gasteiger partial charge is 0.336 e. The van der Waals surface area contributed by atoms with Crippen molar-refractivity contribution in [2.45, 2.75) is 38.8 Å². The molecule has 1 atom stereocenters. The molecule has 13 heteroatoms. The molecule has 0 N–H and O–H groups in total. The van der Waals surface area contributed by atoms with Crippen LogP contribution < -0.4 is 34.1 Å². The average molecular weight is 489 g/mol. The lowest BCUT2D eigenvalue weighted by Crippen LogP contribution is -2.54. The maximum Gasteiger partial charge on any atom is 0.336 e. The Morgan fingerprint density at radius 2 is 0.914 bits per heavy atom. The predicted molar refractivity (Wildman–Crippen MR) is 130 cm³/mol. The summed E-state index contributed by atoms with van der Waals surface area (Å²) in [6.07, 6.45) is 5.58. The summed E-state index contributed by atoms with van der Waals surface area (Å²) >= 11 is 0. The molecule has 0 aliphatic carbocycles. The van der Waals surface area contributed by atoms with Crippen LogP contribution in [0.1, 0.15) is 0 Å². The van der Waals surface area contributed by atoms with Crippen molar-refractivity contribution in [3.63, 3.8) is 0 Å². The van der Waals surface area contributed by atoms with Crippen LogP contribution in [-0.2, 0) is 44.5 Å². The van der Waals surface area contributed by atoms with Crippen LogP contribution in [0.4, 0.5) is 0 Å². The van der Waals surface area contributed by atoms with E-state index in [1.54, 1.807) is 0 Å². The van der Waals surface area contributed by atoms with Crippen molar-refractivity contribution in [3.8, 4) is 0 Å². The van der Waals surface area contributed by atoms with Gasteiger partial charge in [-0.2, -0.15) is 0 Å². The second kappa shape index (κ2) is 11.7. The zero-order chi connectivity index (χ0) is 26.3. The summed E-state index contributed by atoms with van der Waals surface area (Å²) in [5.74, 6) is 0. The molecule has 1 aliphatic rings. The molecule has 1 fully saturated rings. The fraction of sp³-hybridized carbons (Fsp3) is 0.364. The number of ether oxygens (including phenoxy) is 1. The Hall–Kier alpha value is -4.26. The zero-order valence-corrected chi connectivity index (χ0v) is 19.5. The molecular formula is C22H28N6O7. The largest absolute Gasteiger partial charge is 0.371 e. The van der Waals surface area contributed by atoms with Gasteiger partial charge in [-0.25, -0.2) is 56.2 Å². The van der Waals surface area contributed by atoms with Gasteiger partial charge in [0.25, 0.3) is 0 Å². The summed E-state index contributed by atoms with van der Waals surface area (Å²) < 4.78 is 10.7. The van der Waals surface area contributed by atoms with Crippen LogP contribution in [0.3, 0.4) is 0 Å². The molecule has 13 nitrogen and oxygen atoms in total. The van der Waals surface area contributed by atoms with Gasteiger partial charge in [-0.15, -0.1) is 26.3 Å². The van der Waals surface area contributed by atoms with Gasteiger partial charge in [0.2, 0.25) is 0 Å². The minimum absolute atomic E-state index is 0.0562. The third-order valence-corrected chi connectivity index (χ3v) is 4.92. The summed E-state index contributed by atoms with van der Waals surface area (Å²) in [5.41, 5.74) is -3.85. The van der Waals surface area contributed by atoms with Crippen molar-refractivity contribution in [2.75, 3.05) is 6.61 Å². The molecule has 1 unspecified atom stereocenters. The van der Waals surface area contributed by atoms with Gasteiger partial charge in [0, 0.05) is 7.05 Å². The molecule has 0 aromatic carbocycles. The zero-order valence-electron chi connectivity index (χ0n) is 19.5. The standard InChI is InChI=1S/C12H15N3O4.C10H13N3O3/c1-3-5-13-10(16)14(6-4-2)12(18)15(11(13)17)7-9-8-19-9;1-4-6-12-8(14)11(3)9(15)13(7-5-2)10(12)16/h3-4,9H,1-2,5-8H2;4-5H,1-2,6-7H2,3H3. The Labute approximate surface area is 198 Å². The van der Waals surface area contributed by atoms with Crippen molar-refractivity contribution >= 4 is 0 Å². The lowest BCUT2D eigenvalue weighted by molar-refractivity contribution is 0.362. The van der Waals surface area contributed by atoms with Crippen molar-refractivity contribution in [2.24, 2.45) is 7.05 Å². The molecule has 35 heavy (non-hydrogen) atoms. The van der Waals surface area contributed by atoms with Gasteiger partial charge in [-0.3, -0.25) is 0 Å². The molecule has 0 saturated carbocycles. The summed E-state index contributed by atoms with van der Waals surface area (Å²) in [6.45, 7) is 14.8. The normalized spacial score (nSPS) is 13.9. The Kier molecular flexibility index (Phi) is 9.05. The first kappa shape index (κ1) is 27.0. The maximum absolute atomic E-state index is 12.1. The highest BCUT2D eigenvalue weighted by Crippen LogP contribution is 2.08. The Bertz CT molecular complexity index is 1390. The van der Waals surface area contributed by atoms with Crippen LogP contribution in [0.15, 0.2) is 79.4 Å². The number of hydrogen-bond donors (Lipinski definition) is 0. The number of hydrogen-bond acceptors (Lipinski definition) is 7. The highest BCUT2D eigenvalue weighted by atomic mass is 16.6. The van der Waals surface area contributed by atoms with Crippen LogP contribution in [-0.4, -0.2) is 40.1 Å². The van der Waals surface area contributed by atoms with Crippen LogP contribution in [0, 0.1) is 0 Å². The van der Waals surface area contributed by atoms with Crippen LogP contribution in [0.2, 0.25) is 0 Å². The van der Waals surface area contributed by atoms with E-state index < -0.39 is 34.1 Å². The minimum atomic E-state index is -0.650. The van der Waals surface area contributed by atoms with Gasteiger partial charge in [0.1, 0.15) is 0 Å². The highest BCUT2D eigenvalue weighted by molar-refractivity contribution is 4.86. The van der Waals surface area contributed by atoms with Crippen molar-refractivity contribution in [1.82, 2.24) is 27.4 Å². The molecule has 0 amide bonds.